The highest BCUT2D eigenvalue weighted by molar-refractivity contribution is 5.69. The van der Waals surface area contributed by atoms with Gasteiger partial charge in [0.2, 0.25) is 0 Å². The highest BCUT2D eigenvalue weighted by Crippen LogP contribution is 2.11. The summed E-state index contributed by atoms with van der Waals surface area (Å²) in [5.74, 6) is -0.379. The van der Waals surface area contributed by atoms with Crippen LogP contribution < -0.4 is 0 Å². The molecule has 0 rings (SSSR count). The van der Waals surface area contributed by atoms with E-state index >= 15 is 0 Å². The molecule has 0 amide bonds. The number of rotatable bonds is 7. The van der Waals surface area contributed by atoms with E-state index in [1.54, 1.807) is 6.92 Å². The van der Waals surface area contributed by atoms with Gasteiger partial charge in [-0.1, -0.05) is 6.92 Å². The van der Waals surface area contributed by atoms with Crippen LogP contribution in [0.1, 0.15) is 40.5 Å². The standard InChI is InChI=1S/C11H22O4/c1-5-10(15-8(3)4)9(12)7-11(13)14-6-2/h8-10,12H,5-7H2,1-4H3/t9-,10+/m0/s1. The van der Waals surface area contributed by atoms with Crippen LogP contribution in [0, 0.1) is 0 Å². The highest BCUT2D eigenvalue weighted by atomic mass is 16.5. The van der Waals surface area contributed by atoms with E-state index < -0.39 is 6.10 Å². The Morgan fingerprint density at radius 1 is 1.33 bits per heavy atom. The molecule has 0 heterocycles. The molecule has 0 fully saturated rings. The van der Waals surface area contributed by atoms with E-state index in [4.69, 9.17) is 9.47 Å². The third kappa shape index (κ3) is 6.47. The van der Waals surface area contributed by atoms with E-state index in [1.165, 1.54) is 0 Å². The molecule has 0 radical (unpaired) electrons. The number of aliphatic hydroxyl groups is 1. The largest absolute Gasteiger partial charge is 0.466 e. The second-order valence-corrected chi connectivity index (χ2v) is 3.71. The maximum absolute atomic E-state index is 11.1. The smallest absolute Gasteiger partial charge is 0.308 e. The maximum Gasteiger partial charge on any atom is 0.308 e. The summed E-state index contributed by atoms with van der Waals surface area (Å²) >= 11 is 0. The zero-order chi connectivity index (χ0) is 11.8. The minimum absolute atomic E-state index is 0.000926. The van der Waals surface area contributed by atoms with Crippen LogP contribution in [0.3, 0.4) is 0 Å². The maximum atomic E-state index is 11.1. The average Bonchev–Trinajstić information content (AvgIpc) is 2.13. The van der Waals surface area contributed by atoms with E-state index in [0.29, 0.717) is 13.0 Å². The number of carbonyl (C=O) groups is 1. The Balaban J connectivity index is 4.02. The van der Waals surface area contributed by atoms with Crippen molar-refractivity contribution < 1.29 is 19.4 Å². The predicted octanol–water partition coefficient (Wildman–Crippen LogP) is 1.50. The van der Waals surface area contributed by atoms with Crippen LogP contribution in [-0.2, 0) is 14.3 Å². The van der Waals surface area contributed by atoms with Gasteiger partial charge in [-0.05, 0) is 27.2 Å². The first-order valence-corrected chi connectivity index (χ1v) is 5.50. The molecule has 0 saturated heterocycles. The summed E-state index contributed by atoms with van der Waals surface area (Å²) in [7, 11) is 0. The van der Waals surface area contributed by atoms with E-state index in [0.717, 1.165) is 0 Å². The fourth-order valence-corrected chi connectivity index (χ4v) is 1.33. The Morgan fingerprint density at radius 2 is 1.93 bits per heavy atom. The molecule has 15 heavy (non-hydrogen) atoms. The minimum atomic E-state index is -0.781. The van der Waals surface area contributed by atoms with Gasteiger partial charge in [0, 0.05) is 0 Å². The normalized spacial score (nSPS) is 15.1. The van der Waals surface area contributed by atoms with Crippen LogP contribution in [0.5, 0.6) is 0 Å². The Labute approximate surface area is 91.6 Å². The molecule has 0 bridgehead atoms. The molecule has 0 aromatic heterocycles. The highest BCUT2D eigenvalue weighted by Gasteiger charge is 2.22. The molecule has 0 aliphatic carbocycles. The Bertz CT molecular complexity index is 179. The summed E-state index contributed by atoms with van der Waals surface area (Å²) in [4.78, 5) is 11.1. The second kappa shape index (κ2) is 7.65. The number of hydrogen-bond acceptors (Lipinski definition) is 4. The summed E-state index contributed by atoms with van der Waals surface area (Å²) in [5, 5.41) is 9.73. The van der Waals surface area contributed by atoms with Gasteiger partial charge < -0.3 is 14.6 Å². The summed E-state index contributed by atoms with van der Waals surface area (Å²) in [6.45, 7) is 7.81. The molecular weight excluding hydrogens is 196 g/mol. The quantitative estimate of drug-likeness (QED) is 0.658. The molecule has 0 aliphatic rings. The number of esters is 1. The first-order valence-electron chi connectivity index (χ1n) is 5.50. The van der Waals surface area contributed by atoms with Crippen molar-refractivity contribution in [1.29, 1.82) is 0 Å². The SMILES string of the molecule is CCOC(=O)C[C@H](O)[C@@H](CC)OC(C)C. The molecule has 4 nitrogen and oxygen atoms in total. The van der Waals surface area contributed by atoms with Crippen molar-refractivity contribution in [2.75, 3.05) is 6.61 Å². The number of ether oxygens (including phenoxy) is 2. The molecular formula is C11H22O4. The average molecular weight is 218 g/mol. The molecule has 0 aromatic rings. The van der Waals surface area contributed by atoms with Crippen LogP contribution >= 0.6 is 0 Å². The van der Waals surface area contributed by atoms with Crippen molar-refractivity contribution in [3.8, 4) is 0 Å². The van der Waals surface area contributed by atoms with E-state index in [2.05, 4.69) is 0 Å². The van der Waals surface area contributed by atoms with Crippen LogP contribution in [-0.4, -0.2) is 36.0 Å². The van der Waals surface area contributed by atoms with E-state index in [-0.39, 0.29) is 24.6 Å². The van der Waals surface area contributed by atoms with Gasteiger partial charge in [0.15, 0.2) is 0 Å². The van der Waals surface area contributed by atoms with Crippen LogP contribution in [0.25, 0.3) is 0 Å². The van der Waals surface area contributed by atoms with Gasteiger partial charge in [-0.15, -0.1) is 0 Å². The second-order valence-electron chi connectivity index (χ2n) is 3.71. The molecule has 2 atom stereocenters. The lowest BCUT2D eigenvalue weighted by molar-refractivity contribution is -0.149. The lowest BCUT2D eigenvalue weighted by Crippen LogP contribution is -2.33. The number of carbonyl (C=O) groups excluding carboxylic acids is 1. The van der Waals surface area contributed by atoms with Gasteiger partial charge in [0.25, 0.3) is 0 Å². The summed E-state index contributed by atoms with van der Waals surface area (Å²) in [6.07, 6.45) is -0.352. The van der Waals surface area contributed by atoms with Gasteiger partial charge in [-0.2, -0.15) is 0 Å². The third-order valence-electron chi connectivity index (χ3n) is 1.96. The first-order chi connectivity index (χ1) is 7.01. The van der Waals surface area contributed by atoms with Crippen molar-refractivity contribution in [3.63, 3.8) is 0 Å². The number of hydrogen-bond donors (Lipinski definition) is 1. The van der Waals surface area contributed by atoms with Gasteiger partial charge in [0.1, 0.15) is 0 Å². The Morgan fingerprint density at radius 3 is 2.33 bits per heavy atom. The van der Waals surface area contributed by atoms with Crippen molar-refractivity contribution >= 4 is 5.97 Å². The molecule has 0 saturated carbocycles. The lowest BCUT2D eigenvalue weighted by Gasteiger charge is -2.23. The lowest BCUT2D eigenvalue weighted by atomic mass is 10.1. The molecule has 0 aromatic carbocycles. The first kappa shape index (κ1) is 14.4. The fraction of sp³-hybridized carbons (Fsp3) is 0.909. The Kier molecular flexibility index (Phi) is 7.34. The summed E-state index contributed by atoms with van der Waals surface area (Å²) in [6, 6.07) is 0. The molecule has 0 spiro atoms. The van der Waals surface area contributed by atoms with Crippen molar-refractivity contribution in [2.45, 2.75) is 58.8 Å². The van der Waals surface area contributed by atoms with Gasteiger partial charge in [-0.3, -0.25) is 4.79 Å². The van der Waals surface area contributed by atoms with Crippen LogP contribution in [0.15, 0.2) is 0 Å². The summed E-state index contributed by atoms with van der Waals surface area (Å²) in [5.41, 5.74) is 0. The van der Waals surface area contributed by atoms with Crippen LogP contribution in [0.2, 0.25) is 0 Å². The fourth-order valence-electron chi connectivity index (χ4n) is 1.33. The van der Waals surface area contributed by atoms with Crippen molar-refractivity contribution in [2.24, 2.45) is 0 Å². The third-order valence-corrected chi connectivity index (χ3v) is 1.96. The zero-order valence-electron chi connectivity index (χ0n) is 10.0. The molecule has 90 valence electrons. The molecule has 0 aliphatic heterocycles. The predicted molar refractivity (Wildman–Crippen MR) is 57.6 cm³/mol. The monoisotopic (exact) mass is 218 g/mol. The topological polar surface area (TPSA) is 55.8 Å². The van der Waals surface area contributed by atoms with E-state index in [9.17, 15) is 9.90 Å². The number of aliphatic hydroxyl groups excluding tert-OH is 1. The van der Waals surface area contributed by atoms with E-state index in [1.807, 2.05) is 20.8 Å². The van der Waals surface area contributed by atoms with Gasteiger partial charge in [0.05, 0.1) is 31.3 Å². The van der Waals surface area contributed by atoms with Gasteiger partial charge >= 0.3 is 5.97 Å². The molecule has 1 N–H and O–H groups in total. The molecule has 0 unspecified atom stereocenters. The van der Waals surface area contributed by atoms with Gasteiger partial charge in [-0.25, -0.2) is 0 Å². The minimum Gasteiger partial charge on any atom is -0.466 e. The summed E-state index contributed by atoms with van der Waals surface area (Å²) < 4.78 is 10.2. The molecule has 4 heteroatoms. The van der Waals surface area contributed by atoms with Crippen LogP contribution in [0.4, 0.5) is 0 Å². The zero-order valence-corrected chi connectivity index (χ0v) is 10.0. The Hall–Kier alpha value is -0.610. The van der Waals surface area contributed by atoms with Crippen molar-refractivity contribution in [1.82, 2.24) is 0 Å². The van der Waals surface area contributed by atoms with Crippen molar-refractivity contribution in [3.05, 3.63) is 0 Å².